The van der Waals surface area contributed by atoms with Crippen molar-refractivity contribution >= 4 is 97.2 Å². The van der Waals surface area contributed by atoms with E-state index in [0.717, 1.165) is 88.8 Å². The van der Waals surface area contributed by atoms with Crippen LogP contribution < -0.4 is 14.2 Å². The fourth-order valence-corrected chi connectivity index (χ4v) is 14.2. The summed E-state index contributed by atoms with van der Waals surface area (Å²) in [5, 5.41) is 8.08. The highest BCUT2D eigenvalue weighted by atomic mass is 32.1. The number of unbranched alkanes of at least 4 members (excludes halogenated alkanes) is 23. The third-order valence-corrected chi connectivity index (χ3v) is 18.2. The van der Waals surface area contributed by atoms with Crippen LogP contribution in [0, 0.1) is 19.7 Å². The Kier molecular flexibility index (Phi) is 20.6. The summed E-state index contributed by atoms with van der Waals surface area (Å²) in [6, 6.07) is 14.0. The summed E-state index contributed by atoms with van der Waals surface area (Å²) >= 11 is 6.80. The van der Waals surface area contributed by atoms with Gasteiger partial charge in [-0.1, -0.05) is 180 Å². The predicted molar refractivity (Wildman–Crippen MR) is 294 cm³/mol. The second-order valence-electron chi connectivity index (χ2n) is 19.1. The van der Waals surface area contributed by atoms with Gasteiger partial charge < -0.3 is 14.2 Å². The summed E-state index contributed by atoms with van der Waals surface area (Å²) < 4.78 is 40.0. The molecule has 0 saturated carbocycles. The highest BCUT2D eigenvalue weighted by Gasteiger charge is 2.25. The Bertz CT molecular complexity index is 2440. The molecule has 0 aliphatic heterocycles. The molecule has 4 heterocycles. The molecule has 66 heavy (non-hydrogen) atoms. The van der Waals surface area contributed by atoms with Gasteiger partial charge in [0.05, 0.1) is 34.8 Å². The van der Waals surface area contributed by atoms with Crippen molar-refractivity contribution in [3.63, 3.8) is 0 Å². The Hall–Kier alpha value is -2.91. The largest absolute Gasteiger partial charge is 0.492 e. The third-order valence-electron chi connectivity index (χ3n) is 13.5. The molecule has 0 saturated heterocycles. The van der Waals surface area contributed by atoms with Gasteiger partial charge in [0, 0.05) is 45.6 Å². The zero-order valence-electron chi connectivity index (χ0n) is 41.2. The summed E-state index contributed by atoms with van der Waals surface area (Å²) in [4.78, 5) is 4.57. The highest BCUT2D eigenvalue weighted by Crippen LogP contribution is 2.52. The van der Waals surface area contributed by atoms with Gasteiger partial charge in [-0.15, -0.1) is 34.0 Å². The van der Waals surface area contributed by atoms with Gasteiger partial charge in [-0.3, -0.25) is 0 Å². The molecular weight excluding hydrogens is 892 g/mol. The van der Waals surface area contributed by atoms with Gasteiger partial charge in [-0.2, -0.15) is 0 Å². The lowest BCUT2D eigenvalue weighted by atomic mass is 9.98. The molecule has 3 aromatic carbocycles. The van der Waals surface area contributed by atoms with Gasteiger partial charge in [0.1, 0.15) is 11.5 Å². The Morgan fingerprint density at radius 1 is 0.424 bits per heavy atom. The van der Waals surface area contributed by atoms with Crippen LogP contribution in [-0.2, 0) is 0 Å². The summed E-state index contributed by atoms with van der Waals surface area (Å²) in [7, 11) is 0. The van der Waals surface area contributed by atoms with Crippen LogP contribution in [0.1, 0.15) is 197 Å². The normalized spacial score (nSPS) is 12.0. The number of benzene rings is 3. The summed E-state index contributed by atoms with van der Waals surface area (Å²) in [5.74, 6) is 1.74. The number of fused-ring (bicyclic) bond motifs is 5. The molecule has 0 amide bonds. The third kappa shape index (κ3) is 13.4. The van der Waals surface area contributed by atoms with Crippen molar-refractivity contribution in [2.75, 3.05) is 19.8 Å². The smallest absolute Gasteiger partial charge is 0.211 e. The van der Waals surface area contributed by atoms with Crippen LogP contribution in [0.2, 0.25) is 0 Å². The minimum absolute atomic E-state index is 0.199. The Morgan fingerprint density at radius 3 is 1.32 bits per heavy atom. The van der Waals surface area contributed by atoms with Crippen LogP contribution in [0.4, 0.5) is 4.39 Å². The molecular formula is C58H79FO3S4. The van der Waals surface area contributed by atoms with Crippen LogP contribution in [-0.4, -0.2) is 19.8 Å². The van der Waals surface area contributed by atoms with E-state index in [1.165, 1.54) is 172 Å². The molecule has 0 radical (unpaired) electrons. The van der Waals surface area contributed by atoms with Crippen molar-refractivity contribution in [3.8, 4) is 26.3 Å². The molecule has 8 heteroatoms. The number of halogens is 1. The van der Waals surface area contributed by atoms with E-state index in [1.807, 2.05) is 11.3 Å². The number of ether oxygens (including phenoxy) is 3. The average molecular weight is 972 g/mol. The average Bonchev–Trinajstić information content (AvgIpc) is 4.08. The highest BCUT2D eigenvalue weighted by molar-refractivity contribution is 7.30. The number of thiophene rings is 4. The Balaban J connectivity index is 1.17. The molecule has 0 aliphatic rings. The maximum Gasteiger partial charge on any atom is 0.211 e. The number of hydrogen-bond acceptors (Lipinski definition) is 7. The summed E-state index contributed by atoms with van der Waals surface area (Å²) in [5.41, 5.74) is 0. The van der Waals surface area contributed by atoms with E-state index >= 15 is 4.39 Å². The van der Waals surface area contributed by atoms with Crippen LogP contribution in [0.5, 0.6) is 16.6 Å². The lowest BCUT2D eigenvalue weighted by molar-refractivity contribution is 0.300. The molecule has 7 aromatic rings. The van der Waals surface area contributed by atoms with Crippen LogP contribution in [0.15, 0.2) is 36.4 Å². The zero-order chi connectivity index (χ0) is 46.1. The van der Waals surface area contributed by atoms with Gasteiger partial charge in [0.2, 0.25) is 5.06 Å². The first-order valence-corrected chi connectivity index (χ1v) is 29.7. The van der Waals surface area contributed by atoms with Crippen LogP contribution >= 0.6 is 45.3 Å². The van der Waals surface area contributed by atoms with Gasteiger partial charge in [0.25, 0.3) is 0 Å². The molecule has 3 nitrogen and oxygen atoms in total. The zero-order valence-corrected chi connectivity index (χ0v) is 44.5. The molecule has 0 spiro atoms. The van der Waals surface area contributed by atoms with Crippen LogP contribution in [0.25, 0.3) is 61.6 Å². The number of hydrogen-bond donors (Lipinski definition) is 0. The molecule has 0 bridgehead atoms. The standard InChI is InChI=1S/C58H79FO3S4/c1-6-9-12-15-18-20-22-24-27-29-32-60-54-45-36-43-35-41(4)63-49(43)39-47(45)55(61-33-30-28-25-23-21-19-16-13-10-7-2)46-37-44-38-51(65-50(44)40-48(46)54)57-52-53(59)58(66-56(52)42(5)64-57)62-34-31-26-17-14-11-8-3/h35-40H,6-34H2,1-5H3. The summed E-state index contributed by atoms with van der Waals surface area (Å²) in [6.45, 7) is 13.1. The van der Waals surface area contributed by atoms with E-state index in [0.29, 0.717) is 24.9 Å². The predicted octanol–water partition coefficient (Wildman–Crippen LogP) is 21.5. The topological polar surface area (TPSA) is 27.7 Å². The quantitative estimate of drug-likeness (QED) is 0.0303. The van der Waals surface area contributed by atoms with E-state index in [2.05, 4.69) is 71.0 Å². The monoisotopic (exact) mass is 970 g/mol. The van der Waals surface area contributed by atoms with E-state index in [9.17, 15) is 0 Å². The van der Waals surface area contributed by atoms with E-state index in [4.69, 9.17) is 14.2 Å². The van der Waals surface area contributed by atoms with Crippen molar-refractivity contribution in [1.29, 1.82) is 0 Å². The van der Waals surface area contributed by atoms with Crippen molar-refractivity contribution in [3.05, 3.63) is 52.0 Å². The molecule has 0 unspecified atom stereocenters. The van der Waals surface area contributed by atoms with Gasteiger partial charge in [-0.05, 0) is 80.3 Å². The molecule has 4 aromatic heterocycles. The lowest BCUT2D eigenvalue weighted by Gasteiger charge is -2.19. The maximum absolute atomic E-state index is 16.4. The van der Waals surface area contributed by atoms with E-state index in [-0.39, 0.29) is 5.82 Å². The van der Waals surface area contributed by atoms with E-state index in [1.54, 1.807) is 22.7 Å². The van der Waals surface area contributed by atoms with Crippen molar-refractivity contribution in [2.45, 2.75) is 202 Å². The maximum atomic E-state index is 16.4. The minimum Gasteiger partial charge on any atom is -0.492 e. The Morgan fingerprint density at radius 2 is 0.833 bits per heavy atom. The second-order valence-corrected chi connectivity index (χ2v) is 23.6. The Labute approximate surface area is 412 Å². The lowest BCUT2D eigenvalue weighted by Crippen LogP contribution is -2.02. The van der Waals surface area contributed by atoms with Gasteiger partial charge in [-0.25, -0.2) is 4.39 Å². The van der Waals surface area contributed by atoms with Crippen molar-refractivity contribution in [1.82, 2.24) is 0 Å². The van der Waals surface area contributed by atoms with Gasteiger partial charge in [0.15, 0.2) is 5.82 Å². The number of rotatable bonds is 33. The molecule has 7 rings (SSSR count). The fraction of sp³-hybridized carbons (Fsp3) is 0.586. The van der Waals surface area contributed by atoms with E-state index < -0.39 is 0 Å². The first-order valence-electron chi connectivity index (χ1n) is 26.4. The molecule has 0 fully saturated rings. The molecule has 0 atom stereocenters. The van der Waals surface area contributed by atoms with Crippen molar-refractivity contribution in [2.24, 2.45) is 0 Å². The SMILES string of the molecule is CCCCCCCCCCCCOc1c2cc3cc(-c4sc(C)c5sc(OCCCCCCCC)c(F)c45)sc3cc2c(OCCCCCCCCCCCC)c2cc3cc(C)sc3cc12. The molecule has 360 valence electrons. The van der Waals surface area contributed by atoms with Crippen molar-refractivity contribution < 1.29 is 18.6 Å². The minimum atomic E-state index is -0.199. The summed E-state index contributed by atoms with van der Waals surface area (Å²) in [6.07, 6.45) is 33.0. The molecule has 0 N–H and O–H groups in total. The van der Waals surface area contributed by atoms with Gasteiger partial charge >= 0.3 is 0 Å². The number of aryl methyl sites for hydroxylation is 2. The molecule has 0 aliphatic carbocycles. The van der Waals surface area contributed by atoms with Crippen LogP contribution in [0.3, 0.4) is 0 Å². The first-order chi connectivity index (χ1) is 32.4. The first kappa shape index (κ1) is 51.0. The second kappa shape index (κ2) is 26.7. The fourth-order valence-electron chi connectivity index (χ4n) is 9.70.